The van der Waals surface area contributed by atoms with E-state index in [9.17, 15) is 4.39 Å². The molecule has 0 amide bonds. The summed E-state index contributed by atoms with van der Waals surface area (Å²) in [5.74, 6) is -0.230. The van der Waals surface area contributed by atoms with Crippen LogP contribution in [-0.2, 0) is 6.42 Å². The largest absolute Gasteiger partial charge is 0.312 e. The number of hydrogen-bond acceptors (Lipinski definition) is 4. The minimum Gasteiger partial charge on any atom is -0.312 e. The third-order valence-corrected chi connectivity index (χ3v) is 3.81. The van der Waals surface area contributed by atoms with E-state index in [1.807, 2.05) is 0 Å². The van der Waals surface area contributed by atoms with Crippen molar-refractivity contribution < 1.29 is 4.39 Å². The summed E-state index contributed by atoms with van der Waals surface area (Å²) >= 11 is 1.58. The number of nitrogens with one attached hydrogen (secondary N) is 1. The molecule has 0 radical (unpaired) electrons. The van der Waals surface area contributed by atoms with Gasteiger partial charge in [0, 0.05) is 17.5 Å². The highest BCUT2D eigenvalue weighted by atomic mass is 32.1. The van der Waals surface area contributed by atoms with Gasteiger partial charge in [0.25, 0.3) is 0 Å². The first-order valence-corrected chi connectivity index (χ1v) is 7.59. The van der Waals surface area contributed by atoms with Crippen molar-refractivity contribution in [3.05, 3.63) is 35.1 Å². The van der Waals surface area contributed by atoms with Crippen LogP contribution in [-0.4, -0.2) is 22.3 Å². The lowest BCUT2D eigenvalue weighted by atomic mass is 10.1. The summed E-state index contributed by atoms with van der Waals surface area (Å²) in [5, 5.41) is 13.7. The maximum absolute atomic E-state index is 12.9. The second kappa shape index (κ2) is 6.41. The number of halogens is 1. The molecule has 0 spiro atoms. The van der Waals surface area contributed by atoms with E-state index in [0.29, 0.717) is 0 Å². The third kappa shape index (κ3) is 4.65. The smallest absolute Gasteiger partial charge is 0.147 e. The summed E-state index contributed by atoms with van der Waals surface area (Å²) < 4.78 is 12.9. The second-order valence-electron chi connectivity index (χ2n) is 5.79. The van der Waals surface area contributed by atoms with Crippen LogP contribution in [0.25, 0.3) is 10.6 Å². The van der Waals surface area contributed by atoms with E-state index in [4.69, 9.17) is 0 Å². The molecule has 0 aliphatic carbocycles. The van der Waals surface area contributed by atoms with Crippen LogP contribution in [0.3, 0.4) is 0 Å². The monoisotopic (exact) mass is 293 g/mol. The lowest BCUT2D eigenvalue weighted by Gasteiger charge is -2.20. The molecule has 20 heavy (non-hydrogen) atoms. The van der Waals surface area contributed by atoms with Gasteiger partial charge in [-0.05, 0) is 58.0 Å². The first kappa shape index (κ1) is 15.1. The van der Waals surface area contributed by atoms with Crippen molar-refractivity contribution in [2.75, 3.05) is 6.54 Å². The molecule has 1 aromatic carbocycles. The second-order valence-corrected chi connectivity index (χ2v) is 6.85. The number of rotatable bonds is 5. The number of nitrogens with zero attached hydrogens (tertiary/aromatic N) is 2. The Kier molecular flexibility index (Phi) is 4.83. The number of aryl methyl sites for hydroxylation is 1. The fourth-order valence-corrected chi connectivity index (χ4v) is 2.65. The third-order valence-electron chi connectivity index (χ3n) is 2.78. The molecule has 2 aromatic rings. The zero-order chi connectivity index (χ0) is 14.6. The molecule has 1 heterocycles. The molecular formula is C15H20FN3S. The van der Waals surface area contributed by atoms with E-state index in [-0.39, 0.29) is 11.4 Å². The van der Waals surface area contributed by atoms with Gasteiger partial charge in [-0.25, -0.2) is 4.39 Å². The van der Waals surface area contributed by atoms with Crippen LogP contribution in [0.2, 0.25) is 0 Å². The van der Waals surface area contributed by atoms with E-state index in [1.165, 1.54) is 12.1 Å². The molecule has 0 bridgehead atoms. The maximum Gasteiger partial charge on any atom is 0.147 e. The highest BCUT2D eigenvalue weighted by Crippen LogP contribution is 2.24. The predicted octanol–water partition coefficient (Wildman–Crippen LogP) is 3.66. The Morgan fingerprint density at radius 2 is 1.85 bits per heavy atom. The minimum atomic E-state index is -0.230. The van der Waals surface area contributed by atoms with Crippen LogP contribution in [0.5, 0.6) is 0 Å². The Hall–Kier alpha value is -1.33. The quantitative estimate of drug-likeness (QED) is 0.855. The zero-order valence-corrected chi connectivity index (χ0v) is 12.9. The van der Waals surface area contributed by atoms with Crippen LogP contribution in [0.1, 0.15) is 32.2 Å². The molecule has 3 nitrogen and oxygen atoms in total. The van der Waals surface area contributed by atoms with Gasteiger partial charge >= 0.3 is 0 Å². The average molecular weight is 293 g/mol. The zero-order valence-electron chi connectivity index (χ0n) is 12.1. The van der Waals surface area contributed by atoms with E-state index in [2.05, 4.69) is 36.3 Å². The van der Waals surface area contributed by atoms with Gasteiger partial charge in [-0.3, -0.25) is 0 Å². The van der Waals surface area contributed by atoms with Crippen molar-refractivity contribution in [2.45, 2.75) is 39.2 Å². The molecule has 0 fully saturated rings. The average Bonchev–Trinajstić information content (AvgIpc) is 2.83. The maximum atomic E-state index is 12.9. The fourth-order valence-electron chi connectivity index (χ4n) is 1.77. The Morgan fingerprint density at radius 3 is 2.50 bits per heavy atom. The molecule has 0 atom stereocenters. The molecule has 0 saturated heterocycles. The van der Waals surface area contributed by atoms with Crippen molar-refractivity contribution >= 4 is 11.3 Å². The first-order valence-electron chi connectivity index (χ1n) is 6.77. The molecule has 0 aliphatic heterocycles. The molecule has 5 heteroatoms. The highest BCUT2D eigenvalue weighted by Gasteiger charge is 2.09. The van der Waals surface area contributed by atoms with Crippen LogP contribution in [0, 0.1) is 5.82 Å². The Morgan fingerprint density at radius 1 is 1.15 bits per heavy atom. The SMILES string of the molecule is CC(C)(C)NCCCc1nnc(-c2ccc(F)cc2)s1. The first-order chi connectivity index (χ1) is 9.44. The lowest BCUT2D eigenvalue weighted by Crippen LogP contribution is -2.36. The van der Waals surface area contributed by atoms with Gasteiger partial charge in [-0.1, -0.05) is 11.3 Å². The van der Waals surface area contributed by atoms with Crippen molar-refractivity contribution in [1.29, 1.82) is 0 Å². The van der Waals surface area contributed by atoms with E-state index >= 15 is 0 Å². The van der Waals surface area contributed by atoms with Gasteiger partial charge in [0.2, 0.25) is 0 Å². The topological polar surface area (TPSA) is 37.8 Å². The molecule has 2 rings (SSSR count). The van der Waals surface area contributed by atoms with Gasteiger partial charge in [0.1, 0.15) is 15.8 Å². The lowest BCUT2D eigenvalue weighted by molar-refractivity contribution is 0.422. The van der Waals surface area contributed by atoms with Crippen molar-refractivity contribution in [2.24, 2.45) is 0 Å². The van der Waals surface area contributed by atoms with Crippen LogP contribution in [0.4, 0.5) is 4.39 Å². The molecular weight excluding hydrogens is 273 g/mol. The highest BCUT2D eigenvalue weighted by molar-refractivity contribution is 7.14. The number of benzene rings is 1. The van der Waals surface area contributed by atoms with Crippen LogP contribution < -0.4 is 5.32 Å². The van der Waals surface area contributed by atoms with Crippen LogP contribution >= 0.6 is 11.3 Å². The summed E-state index contributed by atoms with van der Waals surface area (Å²) in [4.78, 5) is 0. The Bertz CT molecular complexity index is 543. The standard InChI is InChI=1S/C15H20FN3S/c1-15(2,3)17-10-4-5-13-18-19-14(20-13)11-6-8-12(16)9-7-11/h6-9,17H,4-5,10H2,1-3H3. The van der Waals surface area contributed by atoms with Crippen molar-refractivity contribution in [3.8, 4) is 10.6 Å². The van der Waals surface area contributed by atoms with E-state index in [1.54, 1.807) is 23.5 Å². The van der Waals surface area contributed by atoms with Crippen molar-refractivity contribution in [3.63, 3.8) is 0 Å². The van der Waals surface area contributed by atoms with Gasteiger partial charge in [-0.15, -0.1) is 10.2 Å². The van der Waals surface area contributed by atoms with Crippen molar-refractivity contribution in [1.82, 2.24) is 15.5 Å². The summed E-state index contributed by atoms with van der Waals surface area (Å²) in [6.07, 6.45) is 1.96. The molecule has 0 unspecified atom stereocenters. The Balaban J connectivity index is 1.88. The molecule has 108 valence electrons. The summed E-state index contributed by atoms with van der Waals surface area (Å²) in [7, 11) is 0. The number of hydrogen-bond donors (Lipinski definition) is 1. The fraction of sp³-hybridized carbons (Fsp3) is 0.467. The van der Waals surface area contributed by atoms with E-state index < -0.39 is 0 Å². The van der Waals surface area contributed by atoms with Gasteiger partial charge in [-0.2, -0.15) is 0 Å². The normalized spacial score (nSPS) is 11.8. The molecule has 1 N–H and O–H groups in total. The summed E-state index contributed by atoms with van der Waals surface area (Å²) in [5.41, 5.74) is 1.07. The van der Waals surface area contributed by atoms with Gasteiger partial charge in [0.15, 0.2) is 0 Å². The molecule has 1 aromatic heterocycles. The summed E-state index contributed by atoms with van der Waals surface area (Å²) in [6, 6.07) is 6.37. The number of aromatic nitrogens is 2. The predicted molar refractivity (Wildman–Crippen MR) is 81.4 cm³/mol. The summed E-state index contributed by atoms with van der Waals surface area (Å²) in [6.45, 7) is 7.44. The van der Waals surface area contributed by atoms with Gasteiger partial charge < -0.3 is 5.32 Å². The van der Waals surface area contributed by atoms with Crippen LogP contribution in [0.15, 0.2) is 24.3 Å². The van der Waals surface area contributed by atoms with E-state index in [0.717, 1.165) is 35.0 Å². The van der Waals surface area contributed by atoms with Gasteiger partial charge in [0.05, 0.1) is 0 Å². The molecule has 0 saturated carbocycles. The molecule has 0 aliphatic rings. The Labute approximate surface area is 123 Å². The minimum absolute atomic E-state index is 0.153.